The molecule has 3 aromatic rings. The minimum atomic E-state index is -0.829. The highest BCUT2D eigenvalue weighted by atomic mass is 35.5. The number of nitrogens with one attached hydrogen (secondary N) is 2. The number of anilines is 2. The van der Waals surface area contributed by atoms with Crippen molar-refractivity contribution in [1.29, 1.82) is 0 Å². The van der Waals surface area contributed by atoms with Crippen LogP contribution >= 0.6 is 23.2 Å². The van der Waals surface area contributed by atoms with Gasteiger partial charge in [0, 0.05) is 40.6 Å². The molecule has 36 heavy (non-hydrogen) atoms. The van der Waals surface area contributed by atoms with Crippen LogP contribution in [0.2, 0.25) is 10.0 Å². The molecule has 2 heterocycles. The Morgan fingerprint density at radius 3 is 2.75 bits per heavy atom. The lowest BCUT2D eigenvalue weighted by Gasteiger charge is -2.37. The van der Waals surface area contributed by atoms with Crippen molar-refractivity contribution in [1.82, 2.24) is 20.6 Å². The number of nitrogens with zero attached hydrogens (tertiary/aromatic N) is 4. The number of carbonyl (C=O) groups excluding carboxylic acids is 2. The Labute approximate surface area is 217 Å². The first-order chi connectivity index (χ1) is 17.1. The SMILES string of the molecule is CC1(C)CC(=O)C2=C(C1)Nc1c(O)cccc1N(C(=O)CCc1nnn[nH]1)C2c1ccc(Cl)cc1Cl. The van der Waals surface area contributed by atoms with E-state index in [2.05, 4.69) is 25.9 Å². The second kappa shape index (κ2) is 9.22. The summed E-state index contributed by atoms with van der Waals surface area (Å²) in [4.78, 5) is 29.2. The summed E-state index contributed by atoms with van der Waals surface area (Å²) in [5.41, 5.74) is 2.16. The number of phenolic OH excluding ortho intramolecular Hbond substituents is 1. The number of ketones is 1. The molecule has 0 fully saturated rings. The topological polar surface area (TPSA) is 124 Å². The van der Waals surface area contributed by atoms with Crippen LogP contribution in [0.25, 0.3) is 0 Å². The number of fused-ring (bicyclic) bond motifs is 1. The van der Waals surface area contributed by atoms with E-state index in [9.17, 15) is 14.7 Å². The molecule has 1 amide bonds. The molecule has 1 unspecified atom stereocenters. The van der Waals surface area contributed by atoms with Crippen LogP contribution in [0.4, 0.5) is 11.4 Å². The molecular formula is C25H24Cl2N6O3. The predicted octanol–water partition coefficient (Wildman–Crippen LogP) is 4.99. The van der Waals surface area contributed by atoms with Crippen molar-refractivity contribution in [2.45, 2.75) is 45.6 Å². The van der Waals surface area contributed by atoms with Gasteiger partial charge in [0.25, 0.3) is 0 Å². The number of benzene rings is 2. The highest BCUT2D eigenvalue weighted by molar-refractivity contribution is 6.35. The number of hydrogen-bond donors (Lipinski definition) is 3. The summed E-state index contributed by atoms with van der Waals surface area (Å²) < 4.78 is 0. The maximum absolute atomic E-state index is 13.9. The van der Waals surface area contributed by atoms with Gasteiger partial charge in [-0.3, -0.25) is 14.5 Å². The van der Waals surface area contributed by atoms with Crippen LogP contribution in [0.1, 0.15) is 50.5 Å². The van der Waals surface area contributed by atoms with Gasteiger partial charge < -0.3 is 10.4 Å². The van der Waals surface area contributed by atoms with E-state index in [-0.39, 0.29) is 35.7 Å². The number of tetrazole rings is 1. The van der Waals surface area contributed by atoms with E-state index in [4.69, 9.17) is 23.2 Å². The molecule has 2 aromatic carbocycles. The van der Waals surface area contributed by atoms with Gasteiger partial charge in [-0.05, 0) is 52.1 Å². The standard InChI is InChI=1S/C25H24Cl2N6O3/c1-25(2)11-16-22(19(35)12-25)24(14-7-6-13(26)10-15(14)27)33(17-4-3-5-18(34)23(17)28-16)21(36)9-8-20-29-31-32-30-20/h3-7,10,24,28,34H,8-9,11-12H2,1-2H3,(H,29,30,31,32). The number of aryl methyl sites for hydroxylation is 1. The van der Waals surface area contributed by atoms with Crippen molar-refractivity contribution >= 4 is 46.3 Å². The molecule has 1 aliphatic heterocycles. The number of aromatic nitrogens is 4. The lowest BCUT2D eigenvalue weighted by atomic mass is 9.73. The molecule has 186 valence electrons. The van der Waals surface area contributed by atoms with E-state index in [1.807, 2.05) is 13.8 Å². The molecule has 0 saturated heterocycles. The monoisotopic (exact) mass is 526 g/mol. The van der Waals surface area contributed by atoms with Gasteiger partial charge in [0.15, 0.2) is 5.78 Å². The molecule has 1 aliphatic carbocycles. The molecule has 1 aromatic heterocycles. The molecular weight excluding hydrogens is 503 g/mol. The number of Topliss-reactive ketones (excluding diaryl/α,β-unsaturated/α-hetero) is 1. The lowest BCUT2D eigenvalue weighted by Crippen LogP contribution is -2.39. The molecule has 2 aliphatic rings. The summed E-state index contributed by atoms with van der Waals surface area (Å²) in [7, 11) is 0. The first kappa shape index (κ1) is 24.3. The molecule has 5 rings (SSSR count). The summed E-state index contributed by atoms with van der Waals surface area (Å²) in [5.74, 6) is 0.0518. The van der Waals surface area contributed by atoms with Crippen LogP contribution in [-0.2, 0) is 16.0 Å². The van der Waals surface area contributed by atoms with Crippen molar-refractivity contribution in [3.63, 3.8) is 0 Å². The van der Waals surface area contributed by atoms with E-state index >= 15 is 0 Å². The van der Waals surface area contributed by atoms with E-state index in [0.29, 0.717) is 56.9 Å². The van der Waals surface area contributed by atoms with Gasteiger partial charge in [-0.1, -0.05) is 49.2 Å². The largest absolute Gasteiger partial charge is 0.506 e. The van der Waals surface area contributed by atoms with E-state index in [0.717, 1.165) is 0 Å². The molecule has 9 nitrogen and oxygen atoms in total. The third-order valence-electron chi connectivity index (χ3n) is 6.50. The number of halogens is 2. The van der Waals surface area contributed by atoms with E-state index in [1.54, 1.807) is 41.3 Å². The number of aromatic hydroxyl groups is 1. The number of carbonyl (C=O) groups is 2. The summed E-state index contributed by atoms with van der Waals surface area (Å²) >= 11 is 12.9. The van der Waals surface area contributed by atoms with Gasteiger partial charge in [0.2, 0.25) is 5.91 Å². The number of para-hydroxylation sites is 1. The number of aromatic amines is 1. The molecule has 0 radical (unpaired) electrons. The molecule has 0 spiro atoms. The van der Waals surface area contributed by atoms with Crippen LogP contribution in [0, 0.1) is 5.41 Å². The maximum atomic E-state index is 13.9. The average Bonchev–Trinajstić information content (AvgIpc) is 3.27. The summed E-state index contributed by atoms with van der Waals surface area (Å²) in [6.07, 6.45) is 1.17. The molecule has 3 N–H and O–H groups in total. The number of phenols is 1. The summed E-state index contributed by atoms with van der Waals surface area (Å²) in [5, 5.41) is 28.5. The Kier molecular flexibility index (Phi) is 6.22. The van der Waals surface area contributed by atoms with Crippen molar-refractivity contribution in [2.24, 2.45) is 5.41 Å². The molecule has 0 bridgehead atoms. The highest BCUT2D eigenvalue weighted by Gasteiger charge is 2.44. The van der Waals surface area contributed by atoms with Crippen LogP contribution in [0.15, 0.2) is 47.7 Å². The Bertz CT molecular complexity index is 1390. The van der Waals surface area contributed by atoms with E-state index < -0.39 is 6.04 Å². The zero-order valence-electron chi connectivity index (χ0n) is 19.7. The van der Waals surface area contributed by atoms with Crippen LogP contribution in [0.5, 0.6) is 5.75 Å². The molecule has 11 heteroatoms. The predicted molar refractivity (Wildman–Crippen MR) is 136 cm³/mol. The Balaban J connectivity index is 1.73. The Morgan fingerprint density at radius 1 is 1.22 bits per heavy atom. The lowest BCUT2D eigenvalue weighted by molar-refractivity contribution is -0.119. The maximum Gasteiger partial charge on any atom is 0.228 e. The zero-order valence-corrected chi connectivity index (χ0v) is 21.2. The highest BCUT2D eigenvalue weighted by Crippen LogP contribution is 2.51. The zero-order chi connectivity index (χ0) is 25.6. The normalized spacial score (nSPS) is 18.8. The number of amides is 1. The van der Waals surface area contributed by atoms with Crippen LogP contribution < -0.4 is 10.2 Å². The van der Waals surface area contributed by atoms with Gasteiger partial charge in [-0.25, -0.2) is 5.10 Å². The van der Waals surface area contributed by atoms with Crippen molar-refractivity contribution < 1.29 is 14.7 Å². The number of H-pyrrole nitrogens is 1. The fourth-order valence-corrected chi connectivity index (χ4v) is 5.48. The second-order valence-electron chi connectivity index (χ2n) is 9.81. The minimum absolute atomic E-state index is 0.0322. The smallest absolute Gasteiger partial charge is 0.228 e. The van der Waals surface area contributed by atoms with Crippen molar-refractivity contribution in [2.75, 3.05) is 10.2 Å². The van der Waals surface area contributed by atoms with Gasteiger partial charge in [-0.15, -0.1) is 5.10 Å². The average molecular weight is 527 g/mol. The first-order valence-electron chi connectivity index (χ1n) is 11.5. The summed E-state index contributed by atoms with van der Waals surface area (Å²) in [6, 6.07) is 9.13. The second-order valence-corrected chi connectivity index (χ2v) is 10.7. The van der Waals surface area contributed by atoms with Gasteiger partial charge in [0.05, 0.1) is 11.7 Å². The fourth-order valence-electron chi connectivity index (χ4n) is 4.97. The third kappa shape index (κ3) is 4.44. The van der Waals surface area contributed by atoms with Gasteiger partial charge >= 0.3 is 0 Å². The molecule has 0 saturated carbocycles. The van der Waals surface area contributed by atoms with E-state index in [1.165, 1.54) is 0 Å². The third-order valence-corrected chi connectivity index (χ3v) is 7.06. The van der Waals surface area contributed by atoms with Crippen LogP contribution in [0.3, 0.4) is 0 Å². The van der Waals surface area contributed by atoms with Gasteiger partial charge in [0.1, 0.15) is 17.3 Å². The number of rotatable bonds is 4. The van der Waals surface area contributed by atoms with Crippen molar-refractivity contribution in [3.8, 4) is 5.75 Å². The number of allylic oxidation sites excluding steroid dienone is 1. The molecule has 1 atom stereocenters. The number of hydrogen-bond acceptors (Lipinski definition) is 7. The summed E-state index contributed by atoms with van der Waals surface area (Å²) in [6.45, 7) is 4.04. The Morgan fingerprint density at radius 2 is 2.03 bits per heavy atom. The van der Waals surface area contributed by atoms with Crippen LogP contribution in [-0.4, -0.2) is 37.4 Å². The van der Waals surface area contributed by atoms with Crippen molar-refractivity contribution in [3.05, 3.63) is 69.1 Å². The minimum Gasteiger partial charge on any atom is -0.506 e. The fraction of sp³-hybridized carbons (Fsp3) is 0.320. The first-order valence-corrected chi connectivity index (χ1v) is 12.2. The quantitative estimate of drug-likeness (QED) is 0.409. The Hall–Kier alpha value is -3.43. The van der Waals surface area contributed by atoms with Gasteiger partial charge in [-0.2, -0.15) is 0 Å².